The smallest absolute Gasteiger partial charge is 0.367 e. The van der Waals surface area contributed by atoms with Crippen LogP contribution in [0.4, 0.5) is 0 Å². The molecule has 1 aliphatic heterocycles. The van der Waals surface area contributed by atoms with Gasteiger partial charge in [0.25, 0.3) is 0 Å². The van der Waals surface area contributed by atoms with Gasteiger partial charge in [-0.3, -0.25) is 4.90 Å². The van der Waals surface area contributed by atoms with Crippen molar-refractivity contribution in [3.8, 4) is 0 Å². The summed E-state index contributed by atoms with van der Waals surface area (Å²) in [7, 11) is 0. The highest BCUT2D eigenvalue weighted by atomic mass is 32.1. The number of aliphatic hydroxyl groups is 1. The molecule has 18 heavy (non-hydrogen) atoms. The Morgan fingerprint density at radius 1 is 1.72 bits per heavy atom. The fourth-order valence-corrected chi connectivity index (χ4v) is 2.88. The van der Waals surface area contributed by atoms with Crippen molar-refractivity contribution < 1.29 is 14.6 Å². The maximum atomic E-state index is 11.5. The third kappa shape index (κ3) is 3.07. The molecule has 1 fully saturated rings. The zero-order valence-corrected chi connectivity index (χ0v) is 11.3. The van der Waals surface area contributed by atoms with E-state index in [1.807, 2.05) is 5.38 Å². The molecule has 0 radical (unpaired) electrons. The highest BCUT2D eigenvalue weighted by Crippen LogP contribution is 2.20. The Morgan fingerprint density at radius 2 is 2.56 bits per heavy atom. The Labute approximate surface area is 110 Å². The lowest BCUT2D eigenvalue weighted by Gasteiger charge is -2.21. The summed E-state index contributed by atoms with van der Waals surface area (Å²) in [5.41, 5.74) is 0.878. The summed E-state index contributed by atoms with van der Waals surface area (Å²) >= 11 is 1.31. The maximum absolute atomic E-state index is 11.5. The van der Waals surface area contributed by atoms with Crippen LogP contribution in [0.5, 0.6) is 0 Å². The fourth-order valence-electron chi connectivity index (χ4n) is 2.18. The first-order chi connectivity index (χ1) is 8.74. The highest BCUT2D eigenvalue weighted by molar-refractivity contribution is 7.11. The highest BCUT2D eigenvalue weighted by Gasteiger charge is 2.24. The van der Waals surface area contributed by atoms with Crippen LogP contribution in [0.3, 0.4) is 0 Å². The van der Waals surface area contributed by atoms with Gasteiger partial charge in [0, 0.05) is 18.0 Å². The Balaban J connectivity index is 1.96. The quantitative estimate of drug-likeness (QED) is 0.817. The second-order valence-corrected chi connectivity index (χ2v) is 5.17. The van der Waals surface area contributed by atoms with E-state index in [0.717, 1.165) is 25.1 Å². The van der Waals surface area contributed by atoms with Crippen LogP contribution in [-0.2, 0) is 11.3 Å². The third-order valence-electron chi connectivity index (χ3n) is 3.08. The van der Waals surface area contributed by atoms with Crippen LogP contribution >= 0.6 is 11.3 Å². The number of aromatic nitrogens is 1. The lowest BCUT2D eigenvalue weighted by molar-refractivity contribution is 0.0525. The number of aliphatic hydroxyl groups excluding tert-OH is 1. The molecule has 2 heterocycles. The summed E-state index contributed by atoms with van der Waals surface area (Å²) in [4.78, 5) is 18.0. The average molecular weight is 270 g/mol. The van der Waals surface area contributed by atoms with Gasteiger partial charge in [-0.25, -0.2) is 9.78 Å². The van der Waals surface area contributed by atoms with E-state index in [1.165, 1.54) is 11.3 Å². The molecule has 0 spiro atoms. The SMILES string of the molecule is CCOC(=O)c1nc(CN2CCC[C@H]2CO)cs1. The molecule has 1 atom stereocenters. The van der Waals surface area contributed by atoms with Gasteiger partial charge in [0.1, 0.15) is 0 Å². The van der Waals surface area contributed by atoms with Crippen LogP contribution < -0.4 is 0 Å². The standard InChI is InChI=1S/C12H18N2O3S/c1-2-17-12(16)11-13-9(8-18-11)6-14-5-3-4-10(14)7-15/h8,10,15H,2-7H2,1H3/t10-/m0/s1. The summed E-state index contributed by atoms with van der Waals surface area (Å²) in [6, 6.07) is 0.234. The largest absolute Gasteiger partial charge is 0.461 e. The van der Waals surface area contributed by atoms with Gasteiger partial charge >= 0.3 is 5.97 Å². The second kappa shape index (κ2) is 6.26. The molecule has 6 heteroatoms. The molecule has 0 aliphatic carbocycles. The van der Waals surface area contributed by atoms with Crippen LogP contribution in [0.1, 0.15) is 35.3 Å². The summed E-state index contributed by atoms with van der Waals surface area (Å²) in [6.45, 7) is 4.02. The van der Waals surface area contributed by atoms with E-state index < -0.39 is 0 Å². The Kier molecular flexibility index (Phi) is 4.68. The van der Waals surface area contributed by atoms with Crippen molar-refractivity contribution >= 4 is 17.3 Å². The van der Waals surface area contributed by atoms with Gasteiger partial charge in [0.05, 0.1) is 18.9 Å². The number of hydrogen-bond acceptors (Lipinski definition) is 6. The molecule has 1 aromatic heterocycles. The molecule has 1 aromatic rings. The van der Waals surface area contributed by atoms with Gasteiger partial charge in [0.15, 0.2) is 0 Å². The molecular formula is C12H18N2O3S. The van der Waals surface area contributed by atoms with E-state index in [9.17, 15) is 9.90 Å². The van der Waals surface area contributed by atoms with Gasteiger partial charge in [-0.05, 0) is 26.3 Å². The fraction of sp³-hybridized carbons (Fsp3) is 0.667. The molecular weight excluding hydrogens is 252 g/mol. The number of carbonyl (C=O) groups is 1. The maximum Gasteiger partial charge on any atom is 0.367 e. The number of ether oxygens (including phenoxy) is 1. The monoisotopic (exact) mass is 270 g/mol. The minimum Gasteiger partial charge on any atom is -0.461 e. The number of esters is 1. The molecule has 100 valence electrons. The molecule has 0 saturated carbocycles. The molecule has 0 bridgehead atoms. The minimum atomic E-state index is -0.353. The average Bonchev–Trinajstić information content (AvgIpc) is 2.99. The van der Waals surface area contributed by atoms with Gasteiger partial charge in [0.2, 0.25) is 5.01 Å². The van der Waals surface area contributed by atoms with Crippen LogP contribution in [0.2, 0.25) is 0 Å². The van der Waals surface area contributed by atoms with Crippen molar-refractivity contribution in [2.75, 3.05) is 19.8 Å². The van der Waals surface area contributed by atoms with Crippen molar-refractivity contribution in [2.45, 2.75) is 32.4 Å². The van der Waals surface area contributed by atoms with E-state index in [0.29, 0.717) is 18.2 Å². The predicted octanol–water partition coefficient (Wildman–Crippen LogP) is 1.28. The van der Waals surface area contributed by atoms with Crippen molar-refractivity contribution in [2.24, 2.45) is 0 Å². The molecule has 5 nitrogen and oxygen atoms in total. The Bertz CT molecular complexity index is 408. The number of likely N-dealkylation sites (tertiary alicyclic amines) is 1. The first kappa shape index (κ1) is 13.5. The van der Waals surface area contributed by atoms with Crippen LogP contribution in [0.15, 0.2) is 5.38 Å². The van der Waals surface area contributed by atoms with Crippen LogP contribution in [-0.4, -0.2) is 46.8 Å². The second-order valence-electron chi connectivity index (χ2n) is 4.31. The van der Waals surface area contributed by atoms with E-state index in [-0.39, 0.29) is 18.6 Å². The molecule has 1 aliphatic rings. The molecule has 2 rings (SSSR count). The molecule has 0 aromatic carbocycles. The zero-order chi connectivity index (χ0) is 13.0. The first-order valence-electron chi connectivity index (χ1n) is 6.21. The topological polar surface area (TPSA) is 62.7 Å². The van der Waals surface area contributed by atoms with Crippen molar-refractivity contribution in [3.63, 3.8) is 0 Å². The van der Waals surface area contributed by atoms with Crippen molar-refractivity contribution in [3.05, 3.63) is 16.1 Å². The van der Waals surface area contributed by atoms with E-state index in [4.69, 9.17) is 4.74 Å². The summed E-state index contributed by atoms with van der Waals surface area (Å²) in [5, 5.41) is 11.5. The zero-order valence-electron chi connectivity index (χ0n) is 10.5. The van der Waals surface area contributed by atoms with Gasteiger partial charge in [-0.15, -0.1) is 11.3 Å². The molecule has 1 N–H and O–H groups in total. The Hall–Kier alpha value is -0.980. The van der Waals surface area contributed by atoms with Crippen molar-refractivity contribution in [1.82, 2.24) is 9.88 Å². The number of rotatable bonds is 5. The van der Waals surface area contributed by atoms with Crippen LogP contribution in [0, 0.1) is 0 Å². The number of hydrogen-bond donors (Lipinski definition) is 1. The number of nitrogens with zero attached hydrogens (tertiary/aromatic N) is 2. The lowest BCUT2D eigenvalue weighted by atomic mass is 10.2. The number of thiazole rings is 1. The van der Waals surface area contributed by atoms with E-state index >= 15 is 0 Å². The van der Waals surface area contributed by atoms with Crippen molar-refractivity contribution in [1.29, 1.82) is 0 Å². The van der Waals surface area contributed by atoms with Crippen LogP contribution in [0.25, 0.3) is 0 Å². The van der Waals surface area contributed by atoms with Gasteiger partial charge < -0.3 is 9.84 Å². The van der Waals surface area contributed by atoms with Gasteiger partial charge in [-0.1, -0.05) is 0 Å². The summed E-state index contributed by atoms with van der Waals surface area (Å²) in [5.74, 6) is -0.353. The molecule has 0 amide bonds. The molecule has 1 saturated heterocycles. The molecule has 0 unspecified atom stereocenters. The van der Waals surface area contributed by atoms with E-state index in [1.54, 1.807) is 6.92 Å². The van der Waals surface area contributed by atoms with Gasteiger partial charge in [-0.2, -0.15) is 0 Å². The third-order valence-corrected chi connectivity index (χ3v) is 3.95. The Morgan fingerprint density at radius 3 is 3.28 bits per heavy atom. The predicted molar refractivity (Wildman–Crippen MR) is 68.6 cm³/mol. The number of carbonyl (C=O) groups excluding carboxylic acids is 1. The minimum absolute atomic E-state index is 0.189. The lowest BCUT2D eigenvalue weighted by Crippen LogP contribution is -2.31. The summed E-state index contributed by atoms with van der Waals surface area (Å²) < 4.78 is 4.91. The van der Waals surface area contributed by atoms with E-state index in [2.05, 4.69) is 9.88 Å². The normalized spacial score (nSPS) is 20.2. The first-order valence-corrected chi connectivity index (χ1v) is 7.09. The summed E-state index contributed by atoms with van der Waals surface area (Å²) in [6.07, 6.45) is 2.14.